The van der Waals surface area contributed by atoms with Gasteiger partial charge in [0, 0.05) is 17.5 Å². The van der Waals surface area contributed by atoms with Gasteiger partial charge >= 0.3 is 0 Å². The molecule has 0 aliphatic rings. The Morgan fingerprint density at radius 1 is 1.23 bits per heavy atom. The highest BCUT2D eigenvalue weighted by atomic mass is 35.5. The van der Waals surface area contributed by atoms with E-state index in [2.05, 4.69) is 15.3 Å². The van der Waals surface area contributed by atoms with Crippen LogP contribution in [0, 0.1) is 0 Å². The van der Waals surface area contributed by atoms with Gasteiger partial charge in [-0.05, 0) is 30.3 Å². The molecule has 1 heterocycles. The Bertz CT molecular complexity index is 934. The topological polar surface area (TPSA) is 74.8 Å². The first-order chi connectivity index (χ1) is 10.5. The van der Waals surface area contributed by atoms with Crippen molar-refractivity contribution in [3.63, 3.8) is 0 Å². The predicted octanol–water partition coefficient (Wildman–Crippen LogP) is 3.20. The van der Waals surface area contributed by atoms with Crippen LogP contribution in [0.15, 0.2) is 47.3 Å². The van der Waals surface area contributed by atoms with Crippen molar-refractivity contribution in [1.82, 2.24) is 9.97 Å². The molecule has 110 valence electrons. The summed E-state index contributed by atoms with van der Waals surface area (Å²) in [4.78, 5) is 30.8. The molecular formula is C16H12ClN3O2. The Balaban J connectivity index is 2.26. The summed E-state index contributed by atoms with van der Waals surface area (Å²) >= 11 is 6.02. The number of amides is 1. The number of halogens is 1. The number of aromatic amines is 1. The van der Waals surface area contributed by atoms with Crippen molar-refractivity contribution < 1.29 is 4.79 Å². The normalized spacial score (nSPS) is 10.6. The van der Waals surface area contributed by atoms with Crippen molar-refractivity contribution in [3.05, 3.63) is 57.8 Å². The van der Waals surface area contributed by atoms with Crippen molar-refractivity contribution in [1.29, 1.82) is 0 Å². The minimum absolute atomic E-state index is 0.213. The number of fused-ring (bicyclic) bond motifs is 1. The van der Waals surface area contributed by atoms with E-state index in [1.165, 1.54) is 6.92 Å². The molecular weight excluding hydrogens is 302 g/mol. The average molecular weight is 314 g/mol. The molecule has 0 aliphatic heterocycles. The summed E-state index contributed by atoms with van der Waals surface area (Å²) in [5, 5.41) is 3.14. The zero-order valence-electron chi connectivity index (χ0n) is 11.7. The number of carbonyl (C=O) groups excluding carboxylic acids is 1. The summed E-state index contributed by atoms with van der Waals surface area (Å²) in [5.41, 5.74) is 2.16. The lowest BCUT2D eigenvalue weighted by Crippen LogP contribution is -2.14. The molecule has 22 heavy (non-hydrogen) atoms. The van der Waals surface area contributed by atoms with Crippen LogP contribution in [0.4, 0.5) is 5.69 Å². The number of aromatic nitrogens is 2. The molecule has 1 aromatic heterocycles. The predicted molar refractivity (Wildman–Crippen MR) is 87.1 cm³/mol. The Hall–Kier alpha value is -2.66. The molecule has 0 bridgehead atoms. The highest BCUT2D eigenvalue weighted by Crippen LogP contribution is 2.28. The minimum atomic E-state index is -0.340. The number of nitrogens with one attached hydrogen (secondary N) is 2. The van der Waals surface area contributed by atoms with E-state index in [1.54, 1.807) is 30.3 Å². The molecule has 0 atom stereocenters. The number of hydrogen-bond acceptors (Lipinski definition) is 3. The van der Waals surface area contributed by atoms with Crippen LogP contribution in [0.5, 0.6) is 0 Å². The molecule has 0 radical (unpaired) electrons. The van der Waals surface area contributed by atoms with Gasteiger partial charge in [0.2, 0.25) is 5.91 Å². The molecule has 0 unspecified atom stereocenters. The Labute approximate surface area is 131 Å². The second-order valence-electron chi connectivity index (χ2n) is 4.80. The number of benzene rings is 2. The summed E-state index contributed by atoms with van der Waals surface area (Å²) in [6, 6.07) is 12.1. The summed E-state index contributed by atoms with van der Waals surface area (Å²) < 4.78 is 0. The zero-order chi connectivity index (χ0) is 15.7. The first-order valence-corrected chi connectivity index (χ1v) is 6.99. The van der Waals surface area contributed by atoms with Crippen molar-refractivity contribution in [3.8, 4) is 11.3 Å². The third-order valence-corrected chi connectivity index (χ3v) is 3.38. The number of carbonyl (C=O) groups is 1. The van der Waals surface area contributed by atoms with Gasteiger partial charge < -0.3 is 10.3 Å². The molecule has 2 aromatic carbocycles. The number of rotatable bonds is 2. The van der Waals surface area contributed by atoms with E-state index in [0.717, 1.165) is 0 Å². The Morgan fingerprint density at radius 3 is 2.77 bits per heavy atom. The summed E-state index contributed by atoms with van der Waals surface area (Å²) in [5.74, 6) is -0.235. The van der Waals surface area contributed by atoms with Crippen molar-refractivity contribution in [2.75, 3.05) is 5.32 Å². The quantitative estimate of drug-likeness (QED) is 0.763. The van der Waals surface area contributed by atoms with E-state index in [4.69, 9.17) is 11.6 Å². The first-order valence-electron chi connectivity index (χ1n) is 6.61. The minimum Gasteiger partial charge on any atom is -0.326 e. The second-order valence-corrected chi connectivity index (χ2v) is 5.24. The van der Waals surface area contributed by atoms with Gasteiger partial charge in [-0.15, -0.1) is 0 Å². The molecule has 1 amide bonds. The Morgan fingerprint density at radius 2 is 2.00 bits per heavy atom. The largest absolute Gasteiger partial charge is 0.326 e. The van der Waals surface area contributed by atoms with Gasteiger partial charge in [-0.1, -0.05) is 23.7 Å². The van der Waals surface area contributed by atoms with Crippen LogP contribution in [-0.2, 0) is 4.79 Å². The van der Waals surface area contributed by atoms with E-state index in [-0.39, 0.29) is 17.2 Å². The second kappa shape index (κ2) is 5.61. The lowest BCUT2D eigenvalue weighted by Gasteiger charge is -2.10. The van der Waals surface area contributed by atoms with Crippen LogP contribution in [0.2, 0.25) is 5.02 Å². The van der Waals surface area contributed by atoms with Gasteiger partial charge in [0.25, 0.3) is 5.56 Å². The molecule has 3 aromatic rings. The third-order valence-electron chi connectivity index (χ3n) is 3.15. The fourth-order valence-corrected chi connectivity index (χ4v) is 2.40. The van der Waals surface area contributed by atoms with Crippen LogP contribution in [0.25, 0.3) is 22.3 Å². The molecule has 5 nitrogen and oxygen atoms in total. The van der Waals surface area contributed by atoms with Crippen LogP contribution >= 0.6 is 11.6 Å². The van der Waals surface area contributed by atoms with Gasteiger partial charge in [-0.3, -0.25) is 9.59 Å². The third kappa shape index (κ3) is 2.71. The molecule has 2 N–H and O–H groups in total. The van der Waals surface area contributed by atoms with Gasteiger partial charge in [0.15, 0.2) is 0 Å². The van der Waals surface area contributed by atoms with Gasteiger partial charge in [0.1, 0.15) is 5.69 Å². The fourth-order valence-electron chi connectivity index (χ4n) is 2.22. The number of para-hydroxylation sites is 2. The maximum atomic E-state index is 12.3. The molecule has 0 fully saturated rings. The average Bonchev–Trinajstić information content (AvgIpc) is 2.48. The number of nitrogens with zero attached hydrogens (tertiary/aromatic N) is 1. The van der Waals surface area contributed by atoms with Crippen molar-refractivity contribution >= 4 is 34.2 Å². The Kier molecular flexibility index (Phi) is 3.65. The van der Waals surface area contributed by atoms with Gasteiger partial charge in [0.05, 0.1) is 16.7 Å². The zero-order valence-corrected chi connectivity index (χ0v) is 12.4. The van der Waals surface area contributed by atoms with Gasteiger partial charge in [-0.25, -0.2) is 4.98 Å². The molecule has 0 saturated carbocycles. The summed E-state index contributed by atoms with van der Waals surface area (Å²) in [7, 11) is 0. The molecule has 6 heteroatoms. The summed E-state index contributed by atoms with van der Waals surface area (Å²) in [6.45, 7) is 1.40. The number of H-pyrrole nitrogens is 1. The van der Waals surface area contributed by atoms with E-state index < -0.39 is 0 Å². The van der Waals surface area contributed by atoms with Crippen LogP contribution < -0.4 is 10.9 Å². The monoisotopic (exact) mass is 313 g/mol. The highest BCUT2D eigenvalue weighted by Gasteiger charge is 2.13. The first kappa shape index (κ1) is 14.3. The smallest absolute Gasteiger partial charge is 0.275 e. The lowest BCUT2D eigenvalue weighted by molar-refractivity contribution is -0.114. The molecule has 0 aliphatic carbocycles. The van der Waals surface area contributed by atoms with Crippen LogP contribution in [0.1, 0.15) is 6.92 Å². The van der Waals surface area contributed by atoms with E-state index in [1.807, 2.05) is 12.1 Å². The van der Waals surface area contributed by atoms with E-state index in [9.17, 15) is 9.59 Å². The molecule has 3 rings (SSSR count). The number of anilines is 1. The maximum absolute atomic E-state index is 12.3. The van der Waals surface area contributed by atoms with Crippen LogP contribution in [0.3, 0.4) is 0 Å². The van der Waals surface area contributed by atoms with Crippen molar-refractivity contribution in [2.24, 2.45) is 0 Å². The standard InChI is InChI=1S/C16H12ClN3O2/c1-9(21)18-12-7-6-10(17)8-11(12)15-16(22)20-14-5-3-2-4-13(14)19-15/h2-8H,1H3,(H,18,21)(H,20,22). The van der Waals surface area contributed by atoms with Crippen LogP contribution in [-0.4, -0.2) is 15.9 Å². The molecule has 0 saturated heterocycles. The lowest BCUT2D eigenvalue weighted by atomic mass is 10.1. The van der Waals surface area contributed by atoms with Gasteiger partial charge in [-0.2, -0.15) is 0 Å². The molecule has 0 spiro atoms. The SMILES string of the molecule is CC(=O)Nc1ccc(Cl)cc1-c1nc2ccccc2[nH]c1=O. The van der Waals surface area contributed by atoms with E-state index in [0.29, 0.717) is 27.3 Å². The van der Waals surface area contributed by atoms with Crippen molar-refractivity contribution in [2.45, 2.75) is 6.92 Å². The van der Waals surface area contributed by atoms with E-state index >= 15 is 0 Å². The highest BCUT2D eigenvalue weighted by molar-refractivity contribution is 6.31. The maximum Gasteiger partial charge on any atom is 0.275 e. The number of hydrogen-bond donors (Lipinski definition) is 2. The summed E-state index contributed by atoms with van der Waals surface area (Å²) in [6.07, 6.45) is 0. The fraction of sp³-hybridized carbons (Fsp3) is 0.0625.